The molecule has 0 spiro atoms. The number of anilines is 2. The fraction of sp³-hybridized carbons (Fsp3) is 0.444. The van der Waals surface area contributed by atoms with E-state index in [9.17, 15) is 4.79 Å². The molecule has 1 aliphatic heterocycles. The van der Waals surface area contributed by atoms with Crippen LogP contribution in [0.1, 0.15) is 45.9 Å². The van der Waals surface area contributed by atoms with Gasteiger partial charge in [0.1, 0.15) is 5.82 Å². The van der Waals surface area contributed by atoms with Gasteiger partial charge < -0.3 is 16.8 Å². The Morgan fingerprint density at radius 1 is 1.38 bits per heavy atom. The van der Waals surface area contributed by atoms with Crippen molar-refractivity contribution in [3.8, 4) is 0 Å². The van der Waals surface area contributed by atoms with Gasteiger partial charge in [-0.05, 0) is 44.2 Å². The highest BCUT2D eigenvalue weighted by Crippen LogP contribution is 2.35. The van der Waals surface area contributed by atoms with Crippen LogP contribution in [-0.2, 0) is 12.8 Å². The first-order valence-corrected chi connectivity index (χ1v) is 8.55. The third kappa shape index (κ3) is 2.38. The molecule has 0 saturated heterocycles. The van der Waals surface area contributed by atoms with Crippen LogP contribution in [-0.4, -0.2) is 28.3 Å². The van der Waals surface area contributed by atoms with Crippen LogP contribution in [0.5, 0.6) is 0 Å². The van der Waals surface area contributed by atoms with E-state index < -0.39 is 0 Å². The van der Waals surface area contributed by atoms with E-state index in [4.69, 9.17) is 11.5 Å². The van der Waals surface area contributed by atoms with Gasteiger partial charge in [-0.25, -0.2) is 0 Å². The van der Waals surface area contributed by atoms with Gasteiger partial charge in [-0.3, -0.25) is 4.79 Å². The topological polar surface area (TPSA) is 99.0 Å². The Kier molecular flexibility index (Phi) is 3.57. The highest BCUT2D eigenvalue weighted by Gasteiger charge is 2.32. The summed E-state index contributed by atoms with van der Waals surface area (Å²) < 4.78 is 1.42. The van der Waals surface area contributed by atoms with Gasteiger partial charge in [-0.1, -0.05) is 17.7 Å². The minimum atomic E-state index is -0.210. The minimum Gasteiger partial charge on any atom is -0.385 e. The molecule has 24 heavy (non-hydrogen) atoms. The summed E-state index contributed by atoms with van der Waals surface area (Å²) in [6.07, 6.45) is 3.14. The van der Waals surface area contributed by atoms with Crippen LogP contribution in [0.3, 0.4) is 0 Å². The number of carbonyl (C=O) groups is 1. The van der Waals surface area contributed by atoms with Crippen molar-refractivity contribution in [2.75, 3.05) is 17.6 Å². The second-order valence-corrected chi connectivity index (χ2v) is 6.92. The van der Waals surface area contributed by atoms with Crippen LogP contribution < -0.4 is 16.8 Å². The summed E-state index contributed by atoms with van der Waals surface area (Å²) in [5, 5.41) is 7.89. The number of nitrogens with two attached hydrogens (primary N) is 2. The zero-order valence-electron chi connectivity index (χ0n) is 13.9. The van der Waals surface area contributed by atoms with Gasteiger partial charge in [0, 0.05) is 23.8 Å². The molecule has 0 radical (unpaired) electrons. The summed E-state index contributed by atoms with van der Waals surface area (Å²) in [7, 11) is 0. The number of hydrogen-bond acceptors (Lipinski definition) is 5. The second-order valence-electron chi connectivity index (χ2n) is 6.92. The summed E-state index contributed by atoms with van der Waals surface area (Å²) in [6.45, 7) is 2.82. The lowest BCUT2D eigenvalue weighted by Gasteiger charge is -2.26. The van der Waals surface area contributed by atoms with E-state index >= 15 is 0 Å². The molecule has 1 aromatic carbocycles. The monoisotopic (exact) mass is 325 g/mol. The molecule has 4 rings (SSSR count). The molecule has 5 N–H and O–H groups in total. The van der Waals surface area contributed by atoms with Crippen molar-refractivity contribution in [2.24, 2.45) is 5.73 Å². The van der Waals surface area contributed by atoms with Gasteiger partial charge in [0.2, 0.25) is 0 Å². The zero-order valence-corrected chi connectivity index (χ0v) is 13.9. The third-order valence-electron chi connectivity index (χ3n) is 5.16. The Morgan fingerprint density at radius 3 is 3.04 bits per heavy atom. The van der Waals surface area contributed by atoms with Gasteiger partial charge in [-0.2, -0.15) is 9.78 Å². The minimum absolute atomic E-state index is 0.0381. The number of rotatable bonds is 1. The molecule has 0 saturated carbocycles. The maximum Gasteiger partial charge on any atom is 0.256 e. The Balaban J connectivity index is 1.72. The van der Waals surface area contributed by atoms with Crippen molar-refractivity contribution in [3.63, 3.8) is 0 Å². The number of carbonyl (C=O) groups excluding carboxylic acids is 1. The molecule has 6 heteroatoms. The first-order chi connectivity index (χ1) is 11.5. The van der Waals surface area contributed by atoms with Crippen LogP contribution in [0.4, 0.5) is 11.5 Å². The average molecular weight is 325 g/mol. The van der Waals surface area contributed by atoms with E-state index in [1.807, 2.05) is 13.0 Å². The number of nitrogens with zero attached hydrogens (tertiary/aromatic N) is 2. The predicted octanol–water partition coefficient (Wildman–Crippen LogP) is 1.83. The first-order valence-electron chi connectivity index (χ1n) is 8.55. The molecule has 2 aromatic rings. The number of aryl methyl sites for hydroxylation is 2. The molecular weight excluding hydrogens is 302 g/mol. The molecule has 0 amide bonds. The average Bonchev–Trinajstić information content (AvgIpc) is 2.90. The van der Waals surface area contributed by atoms with Crippen molar-refractivity contribution in [3.05, 3.63) is 40.6 Å². The number of fused-ring (bicyclic) bond motifs is 2. The van der Waals surface area contributed by atoms with Crippen LogP contribution in [0.25, 0.3) is 0 Å². The number of hydrogen-bond donors (Lipinski definition) is 3. The Morgan fingerprint density at radius 2 is 2.21 bits per heavy atom. The SMILES string of the molecule is Cc1ccc2c(c1)C(C(=O)n1nc3c(c1N)C[C@H](N)CC3)CCN2. The van der Waals surface area contributed by atoms with Gasteiger partial charge in [0.15, 0.2) is 0 Å². The molecule has 1 aliphatic carbocycles. The number of aromatic nitrogens is 2. The van der Waals surface area contributed by atoms with Crippen LogP contribution in [0.15, 0.2) is 18.2 Å². The van der Waals surface area contributed by atoms with E-state index in [-0.39, 0.29) is 17.9 Å². The van der Waals surface area contributed by atoms with Gasteiger partial charge in [0.25, 0.3) is 5.91 Å². The summed E-state index contributed by atoms with van der Waals surface area (Å²) in [6, 6.07) is 6.29. The molecule has 0 fully saturated rings. The highest BCUT2D eigenvalue weighted by molar-refractivity contribution is 5.90. The Bertz CT molecular complexity index is 810. The van der Waals surface area contributed by atoms with E-state index in [0.29, 0.717) is 12.2 Å². The van der Waals surface area contributed by atoms with E-state index in [1.54, 1.807) is 0 Å². The van der Waals surface area contributed by atoms with E-state index in [2.05, 4.69) is 22.5 Å². The molecular formula is C18H23N5O. The highest BCUT2D eigenvalue weighted by atomic mass is 16.2. The van der Waals surface area contributed by atoms with Gasteiger partial charge in [-0.15, -0.1) is 0 Å². The van der Waals surface area contributed by atoms with Gasteiger partial charge >= 0.3 is 0 Å². The molecule has 6 nitrogen and oxygen atoms in total. The molecule has 126 valence electrons. The molecule has 1 aromatic heterocycles. The molecule has 1 unspecified atom stereocenters. The fourth-order valence-corrected chi connectivity index (χ4v) is 3.83. The van der Waals surface area contributed by atoms with Crippen LogP contribution in [0.2, 0.25) is 0 Å². The van der Waals surface area contributed by atoms with Crippen molar-refractivity contribution in [1.82, 2.24) is 9.78 Å². The summed E-state index contributed by atoms with van der Waals surface area (Å²) >= 11 is 0. The van der Waals surface area contributed by atoms with Crippen molar-refractivity contribution >= 4 is 17.4 Å². The molecule has 0 bridgehead atoms. The smallest absolute Gasteiger partial charge is 0.256 e. The predicted molar refractivity (Wildman–Crippen MR) is 94.3 cm³/mol. The molecule has 2 aliphatic rings. The second kappa shape index (κ2) is 5.63. The molecule has 2 atom stereocenters. The van der Waals surface area contributed by atoms with Crippen molar-refractivity contribution in [2.45, 2.75) is 44.6 Å². The third-order valence-corrected chi connectivity index (χ3v) is 5.16. The first kappa shape index (κ1) is 15.2. The maximum atomic E-state index is 13.2. The number of benzene rings is 1. The summed E-state index contributed by atoms with van der Waals surface area (Å²) in [4.78, 5) is 13.2. The lowest BCUT2D eigenvalue weighted by molar-refractivity contribution is 0.0859. The zero-order chi connectivity index (χ0) is 16.8. The summed E-state index contributed by atoms with van der Waals surface area (Å²) in [5.74, 6) is 0.222. The fourth-order valence-electron chi connectivity index (χ4n) is 3.83. The molecule has 2 heterocycles. The van der Waals surface area contributed by atoms with Crippen LogP contribution in [0, 0.1) is 6.92 Å². The van der Waals surface area contributed by atoms with Crippen LogP contribution >= 0.6 is 0 Å². The maximum absolute atomic E-state index is 13.2. The number of nitrogen functional groups attached to an aromatic ring is 1. The lowest BCUT2D eigenvalue weighted by Crippen LogP contribution is -2.28. The van der Waals surface area contributed by atoms with Crippen molar-refractivity contribution < 1.29 is 4.79 Å². The Hall–Kier alpha value is -2.34. The largest absolute Gasteiger partial charge is 0.385 e. The lowest BCUT2D eigenvalue weighted by atomic mass is 9.89. The quantitative estimate of drug-likeness (QED) is 0.743. The standard InChI is InChI=1S/C18H23N5O/c1-10-2-4-15-13(8-10)12(6-7-21-15)18(24)23-17(20)14-9-11(19)3-5-16(14)22-23/h2,4,8,11-12,21H,3,5-7,9,19-20H2,1H3/t11-,12?/m1/s1. The normalized spacial score (nSPS) is 22.4. The van der Waals surface area contributed by atoms with E-state index in [1.165, 1.54) is 4.68 Å². The summed E-state index contributed by atoms with van der Waals surface area (Å²) in [5.41, 5.74) is 17.4. The van der Waals surface area contributed by atoms with Crippen molar-refractivity contribution in [1.29, 1.82) is 0 Å². The Labute approximate surface area is 141 Å². The number of nitrogens with one attached hydrogen (secondary N) is 1. The van der Waals surface area contributed by atoms with E-state index in [0.717, 1.165) is 53.9 Å². The van der Waals surface area contributed by atoms with Gasteiger partial charge in [0.05, 0.1) is 11.6 Å².